The highest BCUT2D eigenvalue weighted by Gasteiger charge is 2.18. The number of nitrogens with one attached hydrogen (secondary N) is 2. The number of amides is 1. The van der Waals surface area contributed by atoms with Gasteiger partial charge >= 0.3 is 0 Å². The smallest absolute Gasteiger partial charge is 0.251 e. The maximum atomic E-state index is 12.4. The lowest BCUT2D eigenvalue weighted by molar-refractivity contribution is -0.115. The molecule has 2 N–H and O–H groups in total. The Labute approximate surface area is 145 Å². The van der Waals surface area contributed by atoms with Gasteiger partial charge < -0.3 is 15.0 Å². The number of hydrogen-bond acceptors (Lipinski definition) is 5. The van der Waals surface area contributed by atoms with Gasteiger partial charge in [0, 0.05) is 18.9 Å². The molecule has 0 aliphatic heterocycles. The Bertz CT molecular complexity index is 769. The quantitative estimate of drug-likeness (QED) is 0.620. The van der Waals surface area contributed by atoms with Crippen LogP contribution in [0.5, 0.6) is 0 Å². The summed E-state index contributed by atoms with van der Waals surface area (Å²) < 4.78 is 4.99. The Morgan fingerprint density at radius 3 is 2.67 bits per heavy atom. The number of aryl methyl sites for hydroxylation is 2. The summed E-state index contributed by atoms with van der Waals surface area (Å²) in [5.74, 6) is -0.141. The molecule has 0 fully saturated rings. The molecule has 1 aromatic heterocycles. The number of H-pyrrole nitrogens is 1. The van der Waals surface area contributed by atoms with Crippen LogP contribution in [-0.2, 0) is 16.1 Å². The van der Waals surface area contributed by atoms with Gasteiger partial charge in [0.15, 0.2) is 5.16 Å². The lowest BCUT2D eigenvalue weighted by Gasteiger charge is -2.15. The highest BCUT2D eigenvalue weighted by atomic mass is 32.2. The van der Waals surface area contributed by atoms with Gasteiger partial charge in [0.05, 0.1) is 17.6 Å². The highest BCUT2D eigenvalue weighted by molar-refractivity contribution is 8.00. The van der Waals surface area contributed by atoms with Gasteiger partial charge in [-0.25, -0.2) is 4.98 Å². The molecular weight excluding hydrogens is 326 g/mol. The molecule has 2 rings (SSSR count). The molecule has 1 heterocycles. The number of aromatic amines is 1. The van der Waals surface area contributed by atoms with Crippen LogP contribution in [0.15, 0.2) is 34.2 Å². The van der Waals surface area contributed by atoms with Gasteiger partial charge in [-0.3, -0.25) is 9.59 Å². The summed E-state index contributed by atoms with van der Waals surface area (Å²) in [4.78, 5) is 31.0. The summed E-state index contributed by atoms with van der Waals surface area (Å²) in [7, 11) is 1.54. The molecule has 24 heavy (non-hydrogen) atoms. The van der Waals surface area contributed by atoms with Crippen LogP contribution in [0.2, 0.25) is 0 Å². The van der Waals surface area contributed by atoms with Crippen molar-refractivity contribution in [3.63, 3.8) is 0 Å². The van der Waals surface area contributed by atoms with E-state index in [0.717, 1.165) is 16.8 Å². The van der Waals surface area contributed by atoms with Crippen LogP contribution in [0.1, 0.15) is 23.7 Å². The van der Waals surface area contributed by atoms with Crippen LogP contribution < -0.4 is 10.9 Å². The molecule has 7 heteroatoms. The van der Waals surface area contributed by atoms with E-state index in [4.69, 9.17) is 4.74 Å². The van der Waals surface area contributed by atoms with E-state index in [1.807, 2.05) is 32.0 Å². The van der Waals surface area contributed by atoms with E-state index in [0.29, 0.717) is 10.9 Å². The molecule has 2 aromatic rings. The van der Waals surface area contributed by atoms with Crippen molar-refractivity contribution in [1.29, 1.82) is 0 Å². The lowest BCUT2D eigenvalue weighted by atomic mass is 10.1. The minimum absolute atomic E-state index is 0.141. The zero-order valence-electron chi connectivity index (χ0n) is 14.2. The van der Waals surface area contributed by atoms with Crippen LogP contribution in [-0.4, -0.2) is 28.2 Å². The number of ether oxygens (including phenoxy) is 1. The van der Waals surface area contributed by atoms with Gasteiger partial charge in [-0.1, -0.05) is 30.0 Å². The average Bonchev–Trinajstić information content (AvgIpc) is 2.50. The zero-order valence-corrected chi connectivity index (χ0v) is 15.0. The predicted octanol–water partition coefficient (Wildman–Crippen LogP) is 2.65. The molecule has 0 saturated carbocycles. The summed E-state index contributed by atoms with van der Waals surface area (Å²) in [6, 6.07) is 7.24. The SMILES string of the molecule is COCc1cc(=O)[nH]c(SC(C)C(=O)Nc2c(C)cccc2C)n1. The van der Waals surface area contributed by atoms with Crippen molar-refractivity contribution < 1.29 is 9.53 Å². The number of carbonyl (C=O) groups excluding carboxylic acids is 1. The number of thioether (sulfide) groups is 1. The molecular formula is C17H21N3O3S. The third kappa shape index (κ3) is 4.69. The summed E-state index contributed by atoms with van der Waals surface area (Å²) in [5, 5.41) is 2.94. The maximum Gasteiger partial charge on any atom is 0.251 e. The number of carbonyl (C=O) groups is 1. The molecule has 0 aliphatic rings. The number of methoxy groups -OCH3 is 1. The number of nitrogens with zero attached hydrogens (tertiary/aromatic N) is 1. The topological polar surface area (TPSA) is 84.1 Å². The van der Waals surface area contributed by atoms with Crippen molar-refractivity contribution in [1.82, 2.24) is 9.97 Å². The monoisotopic (exact) mass is 347 g/mol. The van der Waals surface area contributed by atoms with E-state index >= 15 is 0 Å². The molecule has 0 radical (unpaired) electrons. The van der Waals surface area contributed by atoms with Crippen molar-refractivity contribution in [2.45, 2.75) is 37.8 Å². The Morgan fingerprint density at radius 2 is 2.04 bits per heavy atom. The average molecular weight is 347 g/mol. The van der Waals surface area contributed by atoms with Crippen molar-refractivity contribution in [3.05, 3.63) is 51.4 Å². The molecule has 0 spiro atoms. The van der Waals surface area contributed by atoms with Gasteiger partial charge in [-0.2, -0.15) is 0 Å². The van der Waals surface area contributed by atoms with E-state index < -0.39 is 5.25 Å². The predicted molar refractivity (Wildman–Crippen MR) is 95.4 cm³/mol. The molecule has 1 unspecified atom stereocenters. The first kappa shape index (κ1) is 18.2. The van der Waals surface area contributed by atoms with Gasteiger partial charge in [0.25, 0.3) is 5.56 Å². The molecule has 1 atom stereocenters. The fraction of sp³-hybridized carbons (Fsp3) is 0.353. The fourth-order valence-corrected chi connectivity index (χ4v) is 3.05. The second kappa shape index (κ2) is 8.12. The second-order valence-electron chi connectivity index (χ2n) is 5.49. The number of hydrogen-bond donors (Lipinski definition) is 2. The minimum atomic E-state index is -0.412. The van der Waals surface area contributed by atoms with E-state index in [1.54, 1.807) is 6.92 Å². The first-order valence-electron chi connectivity index (χ1n) is 7.53. The Morgan fingerprint density at radius 1 is 1.38 bits per heavy atom. The molecule has 0 saturated heterocycles. The largest absolute Gasteiger partial charge is 0.378 e. The molecule has 1 amide bonds. The van der Waals surface area contributed by atoms with Gasteiger partial charge in [0.1, 0.15) is 0 Å². The number of para-hydroxylation sites is 1. The van der Waals surface area contributed by atoms with E-state index in [2.05, 4.69) is 15.3 Å². The van der Waals surface area contributed by atoms with Crippen molar-refractivity contribution >= 4 is 23.4 Å². The van der Waals surface area contributed by atoms with Crippen LogP contribution >= 0.6 is 11.8 Å². The highest BCUT2D eigenvalue weighted by Crippen LogP contribution is 2.23. The summed E-state index contributed by atoms with van der Waals surface area (Å²) in [5.41, 5.74) is 3.11. The zero-order chi connectivity index (χ0) is 17.7. The van der Waals surface area contributed by atoms with E-state index in [-0.39, 0.29) is 18.1 Å². The maximum absolute atomic E-state index is 12.4. The van der Waals surface area contributed by atoms with Gasteiger partial charge in [-0.15, -0.1) is 0 Å². The van der Waals surface area contributed by atoms with E-state index in [1.165, 1.54) is 24.9 Å². The van der Waals surface area contributed by atoms with Crippen molar-refractivity contribution in [2.24, 2.45) is 0 Å². The van der Waals surface area contributed by atoms with Crippen molar-refractivity contribution in [2.75, 3.05) is 12.4 Å². The first-order chi connectivity index (χ1) is 11.4. The number of benzene rings is 1. The van der Waals surface area contributed by atoms with Crippen LogP contribution in [0.25, 0.3) is 0 Å². The summed E-state index contributed by atoms with van der Waals surface area (Å²) in [6.07, 6.45) is 0. The number of aromatic nitrogens is 2. The Balaban J connectivity index is 2.10. The second-order valence-corrected chi connectivity index (χ2v) is 6.82. The van der Waals surface area contributed by atoms with Gasteiger partial charge in [-0.05, 0) is 31.9 Å². The van der Waals surface area contributed by atoms with Crippen LogP contribution in [0.4, 0.5) is 5.69 Å². The summed E-state index contributed by atoms with van der Waals surface area (Å²) in [6.45, 7) is 5.93. The number of anilines is 1. The lowest BCUT2D eigenvalue weighted by Crippen LogP contribution is -2.24. The minimum Gasteiger partial charge on any atom is -0.378 e. The third-order valence-corrected chi connectivity index (χ3v) is 4.44. The van der Waals surface area contributed by atoms with E-state index in [9.17, 15) is 9.59 Å². The standard InChI is InChI=1S/C17H21N3O3S/c1-10-6-5-7-11(2)15(10)20-16(22)12(3)24-17-18-13(9-23-4)8-14(21)19-17/h5-8,12H,9H2,1-4H3,(H,20,22)(H,18,19,21). The van der Waals surface area contributed by atoms with Crippen LogP contribution in [0, 0.1) is 13.8 Å². The Hall–Kier alpha value is -2.12. The van der Waals surface area contributed by atoms with Crippen LogP contribution in [0.3, 0.4) is 0 Å². The molecule has 128 valence electrons. The number of rotatable bonds is 6. The molecule has 0 bridgehead atoms. The molecule has 0 aliphatic carbocycles. The van der Waals surface area contributed by atoms with Gasteiger partial charge in [0.2, 0.25) is 5.91 Å². The van der Waals surface area contributed by atoms with Crippen molar-refractivity contribution in [3.8, 4) is 0 Å². The molecule has 6 nitrogen and oxygen atoms in total. The summed E-state index contributed by atoms with van der Waals surface area (Å²) >= 11 is 1.20. The third-order valence-electron chi connectivity index (χ3n) is 3.45. The molecule has 1 aromatic carbocycles. The fourth-order valence-electron chi connectivity index (χ4n) is 2.22. The first-order valence-corrected chi connectivity index (χ1v) is 8.41. The Kier molecular flexibility index (Phi) is 6.16. The normalized spacial score (nSPS) is 12.0.